The van der Waals surface area contributed by atoms with Crippen LogP contribution in [-0.2, 0) is 12.6 Å². The molecule has 0 spiro atoms. The van der Waals surface area contributed by atoms with Crippen LogP contribution in [-0.4, -0.2) is 6.21 Å². The molecule has 0 aliphatic rings. The number of hydrogen-bond acceptors (Lipinski definition) is 4. The average Bonchev–Trinajstić information content (AvgIpc) is 2.74. The summed E-state index contributed by atoms with van der Waals surface area (Å²) in [6.07, 6.45) is 0.278. The summed E-state index contributed by atoms with van der Waals surface area (Å²) in [6.45, 7) is 0. The maximum Gasteiger partial charge on any atom is 0.416 e. The van der Waals surface area contributed by atoms with Crippen LogP contribution in [0.2, 0.25) is 0 Å². The van der Waals surface area contributed by atoms with E-state index in [0.717, 1.165) is 42.8 Å². The Balaban J connectivity index is 1.46. The van der Waals surface area contributed by atoms with Gasteiger partial charge in [0.1, 0.15) is 0 Å². The molecule has 7 heteroatoms. The highest BCUT2D eigenvalue weighted by molar-refractivity contribution is 5.63. The summed E-state index contributed by atoms with van der Waals surface area (Å²) in [5.41, 5.74) is 8.72. The first kappa shape index (κ1) is 21.2. The van der Waals surface area contributed by atoms with Gasteiger partial charge in [-0.25, -0.2) is 0 Å². The first-order valence-electron chi connectivity index (χ1n) is 9.46. The summed E-state index contributed by atoms with van der Waals surface area (Å²) in [5, 5.41) is 8.06. The van der Waals surface area contributed by atoms with Crippen molar-refractivity contribution in [1.82, 2.24) is 0 Å². The molecule has 0 heterocycles. The number of azo groups is 1. The Bertz CT molecular complexity index is 991. The fraction of sp³-hybridized carbons (Fsp3) is 0.174. The number of rotatable bonds is 7. The zero-order chi connectivity index (χ0) is 21.4. The summed E-state index contributed by atoms with van der Waals surface area (Å²) in [4.78, 5) is 4.39. The number of aryl methyl sites for hydroxylation is 1. The summed E-state index contributed by atoms with van der Waals surface area (Å²) < 4.78 is 37.7. The Morgan fingerprint density at radius 1 is 0.733 bits per heavy atom. The highest BCUT2D eigenvalue weighted by atomic mass is 19.4. The van der Waals surface area contributed by atoms with E-state index in [1.165, 1.54) is 17.7 Å². The number of unbranched alkanes of at least 4 members (excludes halogenated alkanes) is 1. The van der Waals surface area contributed by atoms with E-state index in [1.54, 1.807) is 0 Å². The van der Waals surface area contributed by atoms with E-state index in [4.69, 9.17) is 5.73 Å². The van der Waals surface area contributed by atoms with Crippen LogP contribution in [0.25, 0.3) is 0 Å². The SMILES string of the molecule is Nc1ccc(N=CCCCc2ccc(N=Nc3ccc(C(F)(F)F)cc3)cc2)cc1. The Hall–Kier alpha value is -3.48. The van der Waals surface area contributed by atoms with Gasteiger partial charge in [0.25, 0.3) is 0 Å². The minimum Gasteiger partial charge on any atom is -0.399 e. The largest absolute Gasteiger partial charge is 0.416 e. The van der Waals surface area contributed by atoms with Gasteiger partial charge in [-0.2, -0.15) is 23.4 Å². The molecule has 0 bridgehead atoms. The number of nitrogens with zero attached hydrogens (tertiary/aromatic N) is 3. The predicted molar refractivity (Wildman–Crippen MR) is 114 cm³/mol. The number of halogens is 3. The second kappa shape index (κ2) is 9.82. The molecule has 154 valence electrons. The molecule has 2 N–H and O–H groups in total. The third-order valence-corrected chi connectivity index (χ3v) is 4.34. The minimum atomic E-state index is -4.35. The quantitative estimate of drug-likeness (QED) is 0.187. The number of anilines is 1. The number of benzene rings is 3. The van der Waals surface area contributed by atoms with Crippen molar-refractivity contribution in [2.45, 2.75) is 25.4 Å². The molecule has 0 fully saturated rings. The van der Waals surface area contributed by atoms with Crippen molar-refractivity contribution in [1.29, 1.82) is 0 Å². The molecule has 3 rings (SSSR count). The van der Waals surface area contributed by atoms with E-state index in [-0.39, 0.29) is 0 Å². The van der Waals surface area contributed by atoms with Gasteiger partial charge in [-0.3, -0.25) is 4.99 Å². The topological polar surface area (TPSA) is 63.1 Å². The van der Waals surface area contributed by atoms with Crippen LogP contribution in [0, 0.1) is 0 Å². The molecule has 0 aliphatic heterocycles. The van der Waals surface area contributed by atoms with Crippen molar-refractivity contribution < 1.29 is 13.2 Å². The molecule has 30 heavy (non-hydrogen) atoms. The zero-order valence-corrected chi connectivity index (χ0v) is 16.2. The van der Waals surface area contributed by atoms with Crippen LogP contribution in [0.5, 0.6) is 0 Å². The Morgan fingerprint density at radius 2 is 1.27 bits per heavy atom. The van der Waals surface area contributed by atoms with Gasteiger partial charge in [0, 0.05) is 11.9 Å². The molecule has 3 aromatic rings. The Labute approximate surface area is 173 Å². The predicted octanol–water partition coefficient (Wildman–Crippen LogP) is 7.43. The van der Waals surface area contributed by atoms with Crippen molar-refractivity contribution in [3.63, 3.8) is 0 Å². The number of aliphatic imine (C=N–C) groups is 1. The van der Waals surface area contributed by atoms with Gasteiger partial charge in [0.15, 0.2) is 0 Å². The maximum atomic E-state index is 12.6. The van der Waals surface area contributed by atoms with E-state index >= 15 is 0 Å². The smallest absolute Gasteiger partial charge is 0.399 e. The van der Waals surface area contributed by atoms with Crippen molar-refractivity contribution in [3.8, 4) is 0 Å². The molecule has 0 unspecified atom stereocenters. The normalized spacial score (nSPS) is 12.1. The molecule has 0 aliphatic carbocycles. The van der Waals surface area contributed by atoms with Gasteiger partial charge >= 0.3 is 6.18 Å². The van der Waals surface area contributed by atoms with Crippen molar-refractivity contribution in [3.05, 3.63) is 83.9 Å². The van der Waals surface area contributed by atoms with Crippen LogP contribution >= 0.6 is 0 Å². The van der Waals surface area contributed by atoms with E-state index in [2.05, 4.69) is 15.2 Å². The first-order valence-corrected chi connectivity index (χ1v) is 9.46. The molecule has 0 aromatic heterocycles. The van der Waals surface area contributed by atoms with Crippen molar-refractivity contribution in [2.75, 3.05) is 5.73 Å². The molecule has 0 saturated heterocycles. The monoisotopic (exact) mass is 410 g/mol. The number of nitrogen functional groups attached to an aromatic ring is 1. The fourth-order valence-corrected chi connectivity index (χ4v) is 2.69. The van der Waals surface area contributed by atoms with Gasteiger partial charge in [0.2, 0.25) is 0 Å². The molecule has 0 saturated carbocycles. The summed E-state index contributed by atoms with van der Waals surface area (Å²) in [7, 11) is 0. The lowest BCUT2D eigenvalue weighted by molar-refractivity contribution is -0.137. The third kappa shape index (κ3) is 6.55. The average molecular weight is 410 g/mol. The summed E-state index contributed by atoms with van der Waals surface area (Å²) in [5.74, 6) is 0. The maximum absolute atomic E-state index is 12.6. The van der Waals surface area contributed by atoms with Gasteiger partial charge in [-0.15, -0.1) is 0 Å². The van der Waals surface area contributed by atoms with E-state index in [0.29, 0.717) is 11.4 Å². The van der Waals surface area contributed by atoms with E-state index in [1.807, 2.05) is 54.7 Å². The van der Waals surface area contributed by atoms with Gasteiger partial charge in [-0.1, -0.05) is 12.1 Å². The van der Waals surface area contributed by atoms with Gasteiger partial charge < -0.3 is 5.73 Å². The van der Waals surface area contributed by atoms with E-state index < -0.39 is 11.7 Å². The Kier molecular flexibility index (Phi) is 6.95. The number of nitrogens with two attached hydrogens (primary N) is 1. The van der Waals surface area contributed by atoms with Crippen LogP contribution in [0.15, 0.2) is 88.0 Å². The highest BCUT2D eigenvalue weighted by Gasteiger charge is 2.29. The number of alkyl halides is 3. The number of hydrogen-bond donors (Lipinski definition) is 1. The van der Waals surface area contributed by atoms with Gasteiger partial charge in [0.05, 0.1) is 22.6 Å². The molecule has 3 aromatic carbocycles. The lowest BCUT2D eigenvalue weighted by Crippen LogP contribution is -2.03. The standard InChI is InChI=1S/C23H21F3N4/c24-23(25,26)18-6-12-22(13-7-18)30-29-21-10-4-17(5-11-21)3-1-2-16-28-20-14-8-19(27)9-15-20/h4-16H,1-3,27H2. The lowest BCUT2D eigenvalue weighted by atomic mass is 10.1. The Morgan fingerprint density at radius 3 is 1.83 bits per heavy atom. The zero-order valence-electron chi connectivity index (χ0n) is 16.2. The van der Waals surface area contributed by atoms with Crippen molar-refractivity contribution >= 4 is 29.0 Å². The lowest BCUT2D eigenvalue weighted by Gasteiger charge is -2.05. The third-order valence-electron chi connectivity index (χ3n) is 4.34. The highest BCUT2D eigenvalue weighted by Crippen LogP contribution is 2.30. The fourth-order valence-electron chi connectivity index (χ4n) is 2.69. The van der Waals surface area contributed by atoms with Crippen LogP contribution in [0.1, 0.15) is 24.0 Å². The molecule has 0 radical (unpaired) electrons. The molecule has 0 amide bonds. The molecular formula is C23H21F3N4. The van der Waals surface area contributed by atoms with Gasteiger partial charge in [-0.05, 0) is 85.5 Å². The van der Waals surface area contributed by atoms with Crippen LogP contribution in [0.4, 0.5) is 35.9 Å². The van der Waals surface area contributed by atoms with E-state index in [9.17, 15) is 13.2 Å². The summed E-state index contributed by atoms with van der Waals surface area (Å²) >= 11 is 0. The second-order valence-electron chi connectivity index (χ2n) is 6.71. The van der Waals surface area contributed by atoms with Crippen LogP contribution in [0.3, 0.4) is 0 Å². The second-order valence-corrected chi connectivity index (χ2v) is 6.71. The first-order chi connectivity index (χ1) is 14.4. The molecule has 4 nitrogen and oxygen atoms in total. The van der Waals surface area contributed by atoms with Crippen LogP contribution < -0.4 is 5.73 Å². The van der Waals surface area contributed by atoms with Crippen molar-refractivity contribution in [2.24, 2.45) is 15.2 Å². The molecule has 0 atom stereocenters. The summed E-state index contributed by atoms with van der Waals surface area (Å²) in [6, 6.07) is 19.6. The minimum absolute atomic E-state index is 0.368. The molecular weight excluding hydrogens is 389 g/mol.